The molecule has 0 fully saturated rings. The normalized spacial score (nSPS) is 11.2. The van der Waals surface area contributed by atoms with Gasteiger partial charge in [0.05, 0.1) is 17.6 Å². The van der Waals surface area contributed by atoms with Crippen LogP contribution in [-0.2, 0) is 10.3 Å². The number of amides is 2. The zero-order valence-corrected chi connectivity index (χ0v) is 21.4. The third-order valence-corrected chi connectivity index (χ3v) is 6.13. The number of anilines is 1. The average molecular weight is 497 g/mol. The van der Waals surface area contributed by atoms with Crippen molar-refractivity contribution in [2.24, 2.45) is 0 Å². The zero-order valence-electron chi connectivity index (χ0n) is 21.4. The Hall–Kier alpha value is -4.50. The molecule has 37 heavy (non-hydrogen) atoms. The van der Waals surface area contributed by atoms with Gasteiger partial charge in [-0.2, -0.15) is 10.2 Å². The van der Waals surface area contributed by atoms with Crippen LogP contribution in [0, 0.1) is 6.92 Å². The van der Waals surface area contributed by atoms with Crippen LogP contribution in [-0.4, -0.2) is 46.1 Å². The summed E-state index contributed by atoms with van der Waals surface area (Å²) in [6.45, 7) is 5.75. The zero-order chi connectivity index (χ0) is 26.6. The second-order valence-corrected chi connectivity index (χ2v) is 8.97. The van der Waals surface area contributed by atoms with Crippen LogP contribution in [0.1, 0.15) is 46.0 Å². The molecule has 4 aromatic rings. The SMILES string of the molecule is CNC(=O)c1cc(-c2cnnc(-c3cc(NC(=O)c4ccnc(C(C)(C)OC)c4)ccc3C)c2)ccn1. The van der Waals surface area contributed by atoms with Gasteiger partial charge in [0.25, 0.3) is 11.8 Å². The number of aromatic nitrogens is 4. The minimum absolute atomic E-state index is 0.260. The second kappa shape index (κ2) is 10.6. The molecule has 9 nitrogen and oxygen atoms in total. The molecular weight excluding hydrogens is 468 g/mol. The van der Waals surface area contributed by atoms with Gasteiger partial charge in [0.1, 0.15) is 11.3 Å². The molecule has 0 aliphatic heterocycles. The molecule has 3 heterocycles. The lowest BCUT2D eigenvalue weighted by atomic mass is 10.0. The van der Waals surface area contributed by atoms with E-state index in [1.54, 1.807) is 50.9 Å². The van der Waals surface area contributed by atoms with Crippen molar-refractivity contribution in [1.82, 2.24) is 25.5 Å². The van der Waals surface area contributed by atoms with E-state index in [1.807, 2.05) is 51.1 Å². The van der Waals surface area contributed by atoms with Crippen molar-refractivity contribution in [3.05, 3.63) is 89.6 Å². The summed E-state index contributed by atoms with van der Waals surface area (Å²) in [5, 5.41) is 14.0. The first-order chi connectivity index (χ1) is 17.7. The van der Waals surface area contributed by atoms with Crippen LogP contribution in [0.3, 0.4) is 0 Å². The molecule has 0 atom stereocenters. The summed E-state index contributed by atoms with van der Waals surface area (Å²) in [5.41, 5.74) is 5.46. The fourth-order valence-electron chi connectivity index (χ4n) is 3.70. The monoisotopic (exact) mass is 496 g/mol. The summed E-state index contributed by atoms with van der Waals surface area (Å²) >= 11 is 0. The largest absolute Gasteiger partial charge is 0.373 e. The van der Waals surface area contributed by atoms with Gasteiger partial charge in [-0.3, -0.25) is 19.6 Å². The molecule has 0 saturated heterocycles. The minimum Gasteiger partial charge on any atom is -0.373 e. The van der Waals surface area contributed by atoms with Crippen molar-refractivity contribution in [2.45, 2.75) is 26.4 Å². The quantitative estimate of drug-likeness (QED) is 0.389. The van der Waals surface area contributed by atoms with Crippen LogP contribution < -0.4 is 10.6 Å². The number of hydrogen-bond donors (Lipinski definition) is 2. The van der Waals surface area contributed by atoms with E-state index >= 15 is 0 Å². The Bertz CT molecular complexity index is 1470. The Morgan fingerprint density at radius 2 is 1.70 bits per heavy atom. The van der Waals surface area contributed by atoms with Crippen LogP contribution in [0.25, 0.3) is 22.4 Å². The average Bonchev–Trinajstić information content (AvgIpc) is 2.93. The van der Waals surface area contributed by atoms with Gasteiger partial charge in [0, 0.05) is 48.9 Å². The molecule has 0 saturated carbocycles. The number of rotatable bonds is 7. The molecule has 2 N–H and O–H groups in total. The lowest BCUT2D eigenvalue weighted by Crippen LogP contribution is -2.22. The first-order valence-corrected chi connectivity index (χ1v) is 11.7. The third-order valence-electron chi connectivity index (χ3n) is 6.13. The second-order valence-electron chi connectivity index (χ2n) is 8.97. The lowest BCUT2D eigenvalue weighted by Gasteiger charge is -2.22. The molecule has 0 aliphatic rings. The van der Waals surface area contributed by atoms with Gasteiger partial charge in [-0.1, -0.05) is 6.07 Å². The maximum atomic E-state index is 13.0. The predicted octanol–water partition coefficient (Wildman–Crippen LogP) is 4.40. The van der Waals surface area contributed by atoms with E-state index in [4.69, 9.17) is 4.74 Å². The fraction of sp³-hybridized carbons (Fsp3) is 0.214. The van der Waals surface area contributed by atoms with Crippen LogP contribution in [0.4, 0.5) is 5.69 Å². The number of nitrogens with zero attached hydrogens (tertiary/aromatic N) is 4. The van der Waals surface area contributed by atoms with E-state index in [0.717, 1.165) is 22.3 Å². The number of carbonyl (C=O) groups excluding carboxylic acids is 2. The topological polar surface area (TPSA) is 119 Å². The number of methoxy groups -OCH3 is 1. The van der Waals surface area contributed by atoms with E-state index in [1.165, 1.54) is 0 Å². The van der Waals surface area contributed by atoms with Gasteiger partial charge < -0.3 is 15.4 Å². The van der Waals surface area contributed by atoms with Crippen LogP contribution in [0.15, 0.2) is 67.1 Å². The summed E-state index contributed by atoms with van der Waals surface area (Å²) in [5.74, 6) is -0.529. The number of pyridine rings is 2. The third kappa shape index (κ3) is 5.68. The number of aryl methyl sites for hydroxylation is 1. The molecule has 4 rings (SSSR count). The molecule has 0 aliphatic carbocycles. The molecule has 3 aromatic heterocycles. The Balaban J connectivity index is 1.62. The van der Waals surface area contributed by atoms with Crippen molar-refractivity contribution < 1.29 is 14.3 Å². The van der Waals surface area contributed by atoms with Crippen molar-refractivity contribution in [1.29, 1.82) is 0 Å². The van der Waals surface area contributed by atoms with E-state index in [2.05, 4.69) is 30.8 Å². The van der Waals surface area contributed by atoms with Gasteiger partial charge in [0.2, 0.25) is 0 Å². The lowest BCUT2D eigenvalue weighted by molar-refractivity contribution is 0.0154. The molecule has 188 valence electrons. The summed E-state index contributed by atoms with van der Waals surface area (Å²) in [6.07, 6.45) is 4.82. The summed E-state index contributed by atoms with van der Waals surface area (Å²) < 4.78 is 5.49. The van der Waals surface area contributed by atoms with E-state index in [-0.39, 0.29) is 11.8 Å². The Kier molecular flexibility index (Phi) is 7.35. The molecule has 9 heteroatoms. The van der Waals surface area contributed by atoms with Crippen molar-refractivity contribution in [2.75, 3.05) is 19.5 Å². The highest BCUT2D eigenvalue weighted by molar-refractivity contribution is 6.04. The molecule has 0 bridgehead atoms. The number of nitrogens with one attached hydrogen (secondary N) is 2. The first-order valence-electron chi connectivity index (χ1n) is 11.7. The number of benzene rings is 1. The van der Waals surface area contributed by atoms with E-state index in [9.17, 15) is 9.59 Å². The Labute approximate surface area is 215 Å². The fourth-order valence-corrected chi connectivity index (χ4v) is 3.70. The van der Waals surface area contributed by atoms with Crippen LogP contribution in [0.2, 0.25) is 0 Å². The van der Waals surface area contributed by atoms with Crippen molar-refractivity contribution >= 4 is 17.5 Å². The number of hydrogen-bond acceptors (Lipinski definition) is 7. The molecule has 2 amide bonds. The van der Waals surface area contributed by atoms with E-state index in [0.29, 0.717) is 28.3 Å². The predicted molar refractivity (Wildman–Crippen MR) is 141 cm³/mol. The highest BCUT2D eigenvalue weighted by Crippen LogP contribution is 2.29. The van der Waals surface area contributed by atoms with Gasteiger partial charge in [-0.25, -0.2) is 0 Å². The molecule has 0 radical (unpaired) electrons. The number of carbonyl (C=O) groups is 2. The summed E-state index contributed by atoms with van der Waals surface area (Å²) in [6, 6.07) is 14.4. The summed E-state index contributed by atoms with van der Waals surface area (Å²) in [7, 11) is 3.17. The molecular formula is C28H28N6O3. The Morgan fingerprint density at radius 3 is 2.46 bits per heavy atom. The Morgan fingerprint density at radius 1 is 0.919 bits per heavy atom. The van der Waals surface area contributed by atoms with E-state index < -0.39 is 5.60 Å². The highest BCUT2D eigenvalue weighted by atomic mass is 16.5. The smallest absolute Gasteiger partial charge is 0.269 e. The molecule has 0 unspecified atom stereocenters. The maximum absolute atomic E-state index is 13.0. The van der Waals surface area contributed by atoms with Crippen LogP contribution >= 0.6 is 0 Å². The maximum Gasteiger partial charge on any atom is 0.269 e. The van der Waals surface area contributed by atoms with Crippen molar-refractivity contribution in [3.63, 3.8) is 0 Å². The number of ether oxygens (including phenoxy) is 1. The minimum atomic E-state index is -0.618. The first kappa shape index (κ1) is 25.6. The van der Waals surface area contributed by atoms with Gasteiger partial charge in [-0.15, -0.1) is 0 Å². The molecule has 1 aromatic carbocycles. The van der Waals surface area contributed by atoms with Crippen LogP contribution in [0.5, 0.6) is 0 Å². The van der Waals surface area contributed by atoms with Gasteiger partial charge >= 0.3 is 0 Å². The van der Waals surface area contributed by atoms with Crippen molar-refractivity contribution in [3.8, 4) is 22.4 Å². The standard InChI is InChI=1S/C28H28N6O3/c1-17-6-7-21(33-26(35)19-9-11-31-25(14-19)28(2,3)37-5)15-22(17)23-13-20(16-32-34-23)18-8-10-30-24(12-18)27(36)29-4/h6-16H,1-5H3,(H,29,36)(H,33,35). The van der Waals surface area contributed by atoms with Gasteiger partial charge in [0.15, 0.2) is 0 Å². The highest BCUT2D eigenvalue weighted by Gasteiger charge is 2.22. The molecule has 0 spiro atoms. The summed E-state index contributed by atoms with van der Waals surface area (Å²) in [4.78, 5) is 33.5. The van der Waals surface area contributed by atoms with Gasteiger partial charge in [-0.05, 0) is 74.4 Å².